The fourth-order valence-corrected chi connectivity index (χ4v) is 5.26. The topological polar surface area (TPSA) is 57.5 Å². The van der Waals surface area contributed by atoms with Crippen molar-refractivity contribution in [1.82, 2.24) is 4.57 Å². The monoisotopic (exact) mass is 465 g/mol. The molecule has 0 radical (unpaired) electrons. The second-order valence-electron chi connectivity index (χ2n) is 7.48. The van der Waals surface area contributed by atoms with Crippen LogP contribution in [0.4, 0.5) is 4.39 Å². The molecule has 0 spiro atoms. The summed E-state index contributed by atoms with van der Waals surface area (Å²) in [4.78, 5) is 27.7. The van der Waals surface area contributed by atoms with E-state index in [1.807, 2.05) is 31.2 Å². The summed E-state index contributed by atoms with van der Waals surface area (Å²) in [5, 5.41) is 0.482. The van der Waals surface area contributed by atoms with Crippen molar-refractivity contribution in [3.05, 3.63) is 87.5 Å². The number of ether oxygens (including phenoxy) is 2. The normalized spacial score (nSPS) is 11.0. The first-order valence-corrected chi connectivity index (χ1v) is 11.5. The number of carbonyl (C=O) groups is 1. The number of rotatable bonds is 7. The van der Waals surface area contributed by atoms with Crippen LogP contribution in [0.15, 0.2) is 59.5 Å². The van der Waals surface area contributed by atoms with E-state index in [2.05, 4.69) is 0 Å². The Hall–Kier alpha value is -3.45. The van der Waals surface area contributed by atoms with Crippen molar-refractivity contribution in [2.75, 3.05) is 13.7 Å². The van der Waals surface area contributed by atoms with Gasteiger partial charge in [0.1, 0.15) is 22.0 Å². The van der Waals surface area contributed by atoms with E-state index in [-0.39, 0.29) is 30.0 Å². The van der Waals surface area contributed by atoms with Gasteiger partial charge in [0.25, 0.3) is 0 Å². The standard InChI is InChI=1S/C26H24FNO4S/c1-4-19-22-23(29)20(26(30)32-5-2)15-28(14-17-8-6-7-9-21(17)27)25(22)33-24(19)16-10-12-18(31-3)13-11-16/h6-13,15H,4-5,14H2,1-3H3. The first kappa shape index (κ1) is 22.7. The third-order valence-corrected chi connectivity index (χ3v) is 6.82. The van der Waals surface area contributed by atoms with Crippen LogP contribution in [0.1, 0.15) is 35.3 Å². The molecular weight excluding hydrogens is 441 g/mol. The van der Waals surface area contributed by atoms with Crippen molar-refractivity contribution in [3.63, 3.8) is 0 Å². The Kier molecular flexibility index (Phi) is 6.60. The van der Waals surface area contributed by atoms with Crippen LogP contribution in [0.5, 0.6) is 5.75 Å². The number of aromatic nitrogens is 1. The van der Waals surface area contributed by atoms with Gasteiger partial charge < -0.3 is 14.0 Å². The summed E-state index contributed by atoms with van der Waals surface area (Å²) in [5.41, 5.74) is 1.87. The molecule has 2 aromatic carbocycles. The van der Waals surface area contributed by atoms with Crippen molar-refractivity contribution in [1.29, 1.82) is 0 Å². The number of hydrogen-bond acceptors (Lipinski definition) is 5. The van der Waals surface area contributed by atoms with Crippen LogP contribution in [0.3, 0.4) is 0 Å². The number of fused-ring (bicyclic) bond motifs is 1. The number of halogens is 1. The Bertz CT molecular complexity index is 1370. The molecule has 7 heteroatoms. The number of methoxy groups -OCH3 is 1. The Morgan fingerprint density at radius 2 is 1.82 bits per heavy atom. The minimum atomic E-state index is -0.675. The predicted octanol–water partition coefficient (Wildman–Crippen LogP) is 5.67. The zero-order valence-corrected chi connectivity index (χ0v) is 19.5. The fourth-order valence-electron chi connectivity index (χ4n) is 3.89. The summed E-state index contributed by atoms with van der Waals surface area (Å²) >= 11 is 1.46. The molecule has 5 nitrogen and oxygen atoms in total. The molecular formula is C26H24FNO4S. The van der Waals surface area contributed by atoms with E-state index < -0.39 is 5.97 Å². The number of aryl methyl sites for hydroxylation is 1. The van der Waals surface area contributed by atoms with Crippen molar-refractivity contribution in [3.8, 4) is 16.2 Å². The lowest BCUT2D eigenvalue weighted by Crippen LogP contribution is -2.21. The van der Waals surface area contributed by atoms with Gasteiger partial charge in [0.05, 0.1) is 25.6 Å². The van der Waals surface area contributed by atoms with E-state index in [0.717, 1.165) is 21.8 Å². The summed E-state index contributed by atoms with van der Waals surface area (Å²) in [6, 6.07) is 14.1. The lowest BCUT2D eigenvalue weighted by Gasteiger charge is -2.12. The van der Waals surface area contributed by atoms with Crippen LogP contribution in [-0.2, 0) is 17.7 Å². The second kappa shape index (κ2) is 9.58. The van der Waals surface area contributed by atoms with Crippen LogP contribution in [0.2, 0.25) is 0 Å². The predicted molar refractivity (Wildman–Crippen MR) is 129 cm³/mol. The van der Waals surface area contributed by atoms with Gasteiger partial charge in [-0.05, 0) is 54.8 Å². The molecule has 2 aromatic heterocycles. The summed E-state index contributed by atoms with van der Waals surface area (Å²) in [6.45, 7) is 4.01. The highest BCUT2D eigenvalue weighted by atomic mass is 32.1. The molecule has 2 heterocycles. The number of pyridine rings is 1. The van der Waals surface area contributed by atoms with Gasteiger partial charge in [-0.3, -0.25) is 4.79 Å². The fraction of sp³-hybridized carbons (Fsp3) is 0.231. The molecule has 0 amide bonds. The average Bonchev–Trinajstić information content (AvgIpc) is 3.22. The van der Waals surface area contributed by atoms with Gasteiger partial charge >= 0.3 is 5.97 Å². The van der Waals surface area contributed by atoms with Crippen LogP contribution >= 0.6 is 11.3 Å². The number of hydrogen-bond donors (Lipinski definition) is 0. The molecule has 0 saturated carbocycles. The van der Waals surface area contributed by atoms with Crippen molar-refractivity contribution in [2.45, 2.75) is 26.8 Å². The lowest BCUT2D eigenvalue weighted by molar-refractivity contribution is 0.0524. The number of carbonyl (C=O) groups excluding carboxylic acids is 1. The average molecular weight is 466 g/mol. The van der Waals surface area contributed by atoms with Crippen molar-refractivity contribution >= 4 is 27.5 Å². The largest absolute Gasteiger partial charge is 0.497 e. The summed E-state index contributed by atoms with van der Waals surface area (Å²) in [7, 11) is 1.61. The van der Waals surface area contributed by atoms with Gasteiger partial charge in [-0.1, -0.05) is 25.1 Å². The number of thiophene rings is 1. The molecule has 0 unspecified atom stereocenters. The summed E-state index contributed by atoms with van der Waals surface area (Å²) in [5.74, 6) is -0.280. The van der Waals surface area contributed by atoms with Crippen LogP contribution in [0.25, 0.3) is 20.7 Å². The van der Waals surface area contributed by atoms with E-state index in [4.69, 9.17) is 9.47 Å². The molecule has 0 N–H and O–H groups in total. The molecule has 0 bridgehead atoms. The SMILES string of the molecule is CCOC(=O)c1cn(Cc2ccccc2F)c2sc(-c3ccc(OC)cc3)c(CC)c2c1=O. The highest BCUT2D eigenvalue weighted by molar-refractivity contribution is 7.22. The first-order chi connectivity index (χ1) is 16.0. The van der Waals surface area contributed by atoms with Gasteiger partial charge in [-0.2, -0.15) is 0 Å². The maximum atomic E-state index is 14.4. The highest BCUT2D eigenvalue weighted by Crippen LogP contribution is 2.38. The van der Waals surface area contributed by atoms with Crippen LogP contribution in [-0.4, -0.2) is 24.3 Å². The summed E-state index contributed by atoms with van der Waals surface area (Å²) < 4.78 is 26.6. The van der Waals surface area contributed by atoms with Crippen LogP contribution in [0, 0.1) is 5.82 Å². The number of benzene rings is 2. The van der Waals surface area contributed by atoms with Crippen molar-refractivity contribution in [2.24, 2.45) is 0 Å². The molecule has 4 rings (SSSR count). The molecule has 0 fully saturated rings. The summed E-state index contributed by atoms with van der Waals surface area (Å²) in [6.07, 6.45) is 2.09. The third-order valence-electron chi connectivity index (χ3n) is 5.51. The smallest absolute Gasteiger partial charge is 0.343 e. The Balaban J connectivity index is 1.99. The van der Waals surface area contributed by atoms with Crippen molar-refractivity contribution < 1.29 is 18.7 Å². The molecule has 33 heavy (non-hydrogen) atoms. The molecule has 4 aromatic rings. The third kappa shape index (κ3) is 4.28. The van der Waals surface area contributed by atoms with Gasteiger partial charge in [-0.15, -0.1) is 11.3 Å². The van der Waals surface area contributed by atoms with E-state index in [9.17, 15) is 14.0 Å². The van der Waals surface area contributed by atoms with E-state index in [1.54, 1.807) is 36.8 Å². The van der Waals surface area contributed by atoms with Gasteiger partial charge in [0.2, 0.25) is 5.43 Å². The molecule has 0 saturated heterocycles. The zero-order valence-electron chi connectivity index (χ0n) is 18.7. The number of nitrogens with zero attached hydrogens (tertiary/aromatic N) is 1. The first-order valence-electron chi connectivity index (χ1n) is 10.7. The van der Waals surface area contributed by atoms with Gasteiger partial charge in [0.15, 0.2) is 0 Å². The van der Waals surface area contributed by atoms with Gasteiger partial charge in [-0.25, -0.2) is 9.18 Å². The zero-order chi connectivity index (χ0) is 23.5. The Morgan fingerprint density at radius 1 is 1.09 bits per heavy atom. The quantitative estimate of drug-likeness (QED) is 0.330. The molecule has 0 atom stereocenters. The minimum Gasteiger partial charge on any atom is -0.497 e. The second-order valence-corrected chi connectivity index (χ2v) is 8.48. The van der Waals surface area contributed by atoms with E-state index in [0.29, 0.717) is 22.2 Å². The minimum absolute atomic E-state index is 0.0468. The molecule has 0 aliphatic rings. The maximum absolute atomic E-state index is 14.4. The molecule has 170 valence electrons. The van der Waals surface area contributed by atoms with Crippen LogP contribution < -0.4 is 10.2 Å². The lowest BCUT2D eigenvalue weighted by atomic mass is 10.0. The maximum Gasteiger partial charge on any atom is 0.343 e. The molecule has 0 aliphatic carbocycles. The Morgan fingerprint density at radius 3 is 2.45 bits per heavy atom. The molecule has 0 aliphatic heterocycles. The van der Waals surface area contributed by atoms with E-state index >= 15 is 0 Å². The van der Waals surface area contributed by atoms with Gasteiger partial charge in [0, 0.05) is 16.6 Å². The highest BCUT2D eigenvalue weighted by Gasteiger charge is 2.23. The van der Waals surface area contributed by atoms with E-state index in [1.165, 1.54) is 23.6 Å². The number of esters is 1. The Labute approximate surface area is 195 Å².